The van der Waals surface area contributed by atoms with Crippen LogP contribution in [-0.2, 0) is 14.3 Å². The zero-order valence-electron chi connectivity index (χ0n) is 7.81. The Morgan fingerprint density at radius 2 is 1.93 bits per heavy atom. The molecule has 1 heterocycles. The molecule has 2 fully saturated rings. The third-order valence-electron chi connectivity index (χ3n) is 2.69. The summed E-state index contributed by atoms with van der Waals surface area (Å²) in [6, 6.07) is 0. The molecule has 5 heteroatoms. The molecular weight excluding hydrogens is 188 g/mol. The molecule has 2 aliphatic rings. The van der Waals surface area contributed by atoms with Crippen LogP contribution in [0.3, 0.4) is 0 Å². The molecule has 0 amide bonds. The van der Waals surface area contributed by atoms with Crippen molar-refractivity contribution >= 4 is 5.97 Å². The number of carbonyl (C=O) groups excluding carboxylic acids is 1. The first-order valence-electron chi connectivity index (χ1n) is 4.92. The van der Waals surface area contributed by atoms with E-state index in [2.05, 4.69) is 4.74 Å². The monoisotopic (exact) mass is 202 g/mol. The van der Waals surface area contributed by atoms with Gasteiger partial charge in [0.15, 0.2) is 0 Å². The van der Waals surface area contributed by atoms with Gasteiger partial charge in [0, 0.05) is 0 Å². The van der Waals surface area contributed by atoms with Crippen molar-refractivity contribution in [3.05, 3.63) is 0 Å². The van der Waals surface area contributed by atoms with Crippen LogP contribution >= 0.6 is 0 Å². The van der Waals surface area contributed by atoms with Crippen molar-refractivity contribution in [1.29, 1.82) is 0 Å². The fourth-order valence-corrected chi connectivity index (χ4v) is 1.70. The van der Waals surface area contributed by atoms with Gasteiger partial charge in [-0.05, 0) is 25.7 Å². The van der Waals surface area contributed by atoms with Gasteiger partial charge in [-0.1, -0.05) is 6.42 Å². The summed E-state index contributed by atoms with van der Waals surface area (Å²) in [6.07, 6.45) is 3.36. The molecule has 14 heavy (non-hydrogen) atoms. The first-order valence-corrected chi connectivity index (χ1v) is 4.92. The Hall–Kier alpha value is -0.650. The van der Waals surface area contributed by atoms with Crippen LogP contribution in [0.4, 0.5) is 0 Å². The summed E-state index contributed by atoms with van der Waals surface area (Å²) >= 11 is 0. The SMILES string of the molecule is O=C(OC1CCCCC1)C1(O)OC1O. The second-order valence-electron chi connectivity index (χ2n) is 3.83. The molecule has 5 nitrogen and oxygen atoms in total. The van der Waals surface area contributed by atoms with E-state index in [1.165, 1.54) is 0 Å². The molecule has 1 aliphatic carbocycles. The lowest BCUT2D eigenvalue weighted by molar-refractivity contribution is -0.172. The van der Waals surface area contributed by atoms with Gasteiger partial charge < -0.3 is 19.7 Å². The van der Waals surface area contributed by atoms with Crippen molar-refractivity contribution in [3.8, 4) is 0 Å². The third-order valence-corrected chi connectivity index (χ3v) is 2.69. The molecule has 1 saturated carbocycles. The van der Waals surface area contributed by atoms with Gasteiger partial charge in [0.1, 0.15) is 6.10 Å². The highest BCUT2D eigenvalue weighted by molar-refractivity contribution is 5.80. The van der Waals surface area contributed by atoms with Gasteiger partial charge >= 0.3 is 11.8 Å². The maximum atomic E-state index is 11.2. The van der Waals surface area contributed by atoms with Crippen molar-refractivity contribution in [2.45, 2.75) is 50.3 Å². The zero-order valence-corrected chi connectivity index (χ0v) is 7.81. The molecule has 2 N–H and O–H groups in total. The van der Waals surface area contributed by atoms with Crippen LogP contribution in [-0.4, -0.2) is 34.4 Å². The van der Waals surface area contributed by atoms with Gasteiger partial charge in [-0.15, -0.1) is 0 Å². The fourth-order valence-electron chi connectivity index (χ4n) is 1.70. The summed E-state index contributed by atoms with van der Waals surface area (Å²) in [5.74, 6) is -2.95. The molecule has 0 aromatic heterocycles. The molecule has 0 bridgehead atoms. The van der Waals surface area contributed by atoms with Gasteiger partial charge in [-0.25, -0.2) is 4.79 Å². The summed E-state index contributed by atoms with van der Waals surface area (Å²) in [5, 5.41) is 18.1. The number of esters is 1. The zero-order chi connectivity index (χ0) is 10.2. The molecule has 0 spiro atoms. The highest BCUT2D eigenvalue weighted by atomic mass is 16.8. The summed E-state index contributed by atoms with van der Waals surface area (Å²) in [4.78, 5) is 11.2. The Labute approximate surface area is 81.6 Å². The molecule has 80 valence electrons. The Balaban J connectivity index is 1.82. The van der Waals surface area contributed by atoms with Crippen LogP contribution < -0.4 is 0 Å². The standard InChI is InChI=1S/C9H14O5/c10-7(9(12)8(11)14-9)13-6-4-2-1-3-5-6/h6,8,11-12H,1-5H2. The largest absolute Gasteiger partial charge is 0.458 e. The van der Waals surface area contributed by atoms with Gasteiger partial charge in [0.2, 0.25) is 6.29 Å². The van der Waals surface area contributed by atoms with Crippen LogP contribution in [0.2, 0.25) is 0 Å². The van der Waals surface area contributed by atoms with Crippen LogP contribution in [0.5, 0.6) is 0 Å². The smallest absolute Gasteiger partial charge is 0.372 e. The number of ether oxygens (including phenoxy) is 2. The van der Waals surface area contributed by atoms with E-state index >= 15 is 0 Å². The maximum Gasteiger partial charge on any atom is 0.372 e. The fraction of sp³-hybridized carbons (Fsp3) is 0.889. The number of rotatable bonds is 2. The Kier molecular flexibility index (Phi) is 2.47. The van der Waals surface area contributed by atoms with E-state index in [0.717, 1.165) is 32.1 Å². The van der Waals surface area contributed by atoms with E-state index in [4.69, 9.17) is 9.84 Å². The number of carbonyl (C=O) groups is 1. The van der Waals surface area contributed by atoms with E-state index < -0.39 is 18.0 Å². The molecule has 1 aliphatic heterocycles. The number of epoxide rings is 1. The normalized spacial score (nSPS) is 38.0. The molecule has 0 radical (unpaired) electrons. The molecule has 2 atom stereocenters. The van der Waals surface area contributed by atoms with Crippen molar-refractivity contribution < 1.29 is 24.5 Å². The highest BCUT2D eigenvalue weighted by Gasteiger charge is 2.64. The van der Waals surface area contributed by atoms with E-state index in [0.29, 0.717) is 0 Å². The Morgan fingerprint density at radius 3 is 2.43 bits per heavy atom. The average molecular weight is 202 g/mol. The highest BCUT2D eigenvalue weighted by Crippen LogP contribution is 2.34. The van der Waals surface area contributed by atoms with Crippen LogP contribution in [0.25, 0.3) is 0 Å². The second kappa shape index (κ2) is 3.49. The number of aliphatic hydroxyl groups is 2. The molecule has 0 aromatic rings. The van der Waals surface area contributed by atoms with E-state index in [9.17, 15) is 9.90 Å². The van der Waals surface area contributed by atoms with Gasteiger partial charge in [0.05, 0.1) is 0 Å². The molecule has 2 unspecified atom stereocenters. The van der Waals surface area contributed by atoms with Crippen LogP contribution in [0, 0.1) is 0 Å². The second-order valence-corrected chi connectivity index (χ2v) is 3.83. The van der Waals surface area contributed by atoms with Crippen molar-refractivity contribution in [3.63, 3.8) is 0 Å². The van der Waals surface area contributed by atoms with Crippen molar-refractivity contribution in [2.75, 3.05) is 0 Å². The van der Waals surface area contributed by atoms with E-state index in [1.54, 1.807) is 0 Å². The average Bonchev–Trinajstić information content (AvgIpc) is 2.78. The Morgan fingerprint density at radius 1 is 1.36 bits per heavy atom. The minimum absolute atomic E-state index is 0.128. The summed E-state index contributed by atoms with van der Waals surface area (Å²) in [6.45, 7) is 0. The molecule has 1 saturated heterocycles. The lowest BCUT2D eigenvalue weighted by Crippen LogP contribution is -2.33. The quantitative estimate of drug-likeness (QED) is 0.483. The first kappa shape index (κ1) is 9.89. The van der Waals surface area contributed by atoms with E-state index in [-0.39, 0.29) is 6.10 Å². The number of hydrogen-bond donors (Lipinski definition) is 2. The third kappa shape index (κ3) is 1.75. The lowest BCUT2D eigenvalue weighted by atomic mass is 9.98. The lowest BCUT2D eigenvalue weighted by Gasteiger charge is -2.22. The molecule has 2 rings (SSSR count). The van der Waals surface area contributed by atoms with Crippen LogP contribution in [0.1, 0.15) is 32.1 Å². The number of aliphatic hydroxyl groups excluding tert-OH is 1. The minimum Gasteiger partial charge on any atom is -0.458 e. The minimum atomic E-state index is -2.09. The molecular formula is C9H14O5. The Bertz CT molecular complexity index is 235. The predicted molar refractivity (Wildman–Crippen MR) is 45.0 cm³/mol. The van der Waals surface area contributed by atoms with Gasteiger partial charge in [-0.3, -0.25) is 0 Å². The van der Waals surface area contributed by atoms with Gasteiger partial charge in [0.25, 0.3) is 0 Å². The van der Waals surface area contributed by atoms with Gasteiger partial charge in [-0.2, -0.15) is 0 Å². The number of hydrogen-bond acceptors (Lipinski definition) is 5. The van der Waals surface area contributed by atoms with Crippen LogP contribution in [0.15, 0.2) is 0 Å². The maximum absolute atomic E-state index is 11.2. The van der Waals surface area contributed by atoms with Crippen molar-refractivity contribution in [2.24, 2.45) is 0 Å². The topological polar surface area (TPSA) is 79.3 Å². The first-order chi connectivity index (χ1) is 6.63. The molecule has 0 aromatic carbocycles. The summed E-state index contributed by atoms with van der Waals surface area (Å²) in [5.41, 5.74) is 0. The summed E-state index contributed by atoms with van der Waals surface area (Å²) in [7, 11) is 0. The van der Waals surface area contributed by atoms with E-state index in [1.807, 2.05) is 0 Å². The predicted octanol–water partition coefficient (Wildman–Crippen LogP) is -0.101. The summed E-state index contributed by atoms with van der Waals surface area (Å²) < 4.78 is 9.36. The van der Waals surface area contributed by atoms with Crippen molar-refractivity contribution in [1.82, 2.24) is 0 Å².